The van der Waals surface area contributed by atoms with Crippen molar-refractivity contribution in [3.8, 4) is 25.7 Å². The van der Waals surface area contributed by atoms with Gasteiger partial charge in [0.2, 0.25) is 0 Å². The van der Waals surface area contributed by atoms with E-state index in [-0.39, 0.29) is 0 Å². The molecule has 0 aliphatic heterocycles. The summed E-state index contributed by atoms with van der Waals surface area (Å²) in [4.78, 5) is 0. The third-order valence-corrected chi connectivity index (χ3v) is 0.940. The lowest BCUT2D eigenvalue weighted by Crippen LogP contribution is -1.62. The number of hydrogen-bond donors (Lipinski definition) is 0. The molecule has 0 aliphatic carbocycles. The Labute approximate surface area is 69.3 Å². The molecule has 0 aliphatic rings. The highest BCUT2D eigenvalue weighted by Crippen LogP contribution is 1.92. The fraction of sp³-hybridized carbons (Fsp3) is 0.0909. The minimum atomic E-state index is 1.32. The summed E-state index contributed by atoms with van der Waals surface area (Å²) in [7, 11) is 0. The van der Waals surface area contributed by atoms with E-state index in [1.54, 1.807) is 0 Å². The van der Waals surface area contributed by atoms with Gasteiger partial charge < -0.3 is 0 Å². The highest BCUT2D eigenvalue weighted by molar-refractivity contribution is 5.11. The standard InChI is InChI=1S/C7H8.2C2H2/c1-7-5-3-2-4-6-7;2*1-2/h2-6H,1H3;2*1-2H. The summed E-state index contributed by atoms with van der Waals surface area (Å²) in [6.07, 6.45) is 16.0. The Hall–Kier alpha value is -1.66. The van der Waals surface area contributed by atoms with Crippen molar-refractivity contribution in [3.05, 3.63) is 35.9 Å². The molecule has 1 aromatic rings. The molecule has 0 amide bonds. The molecule has 0 saturated heterocycles. The SMILES string of the molecule is C#C.C#C.Cc1ccccc1. The van der Waals surface area contributed by atoms with Crippen LogP contribution in [0.3, 0.4) is 0 Å². The van der Waals surface area contributed by atoms with E-state index in [4.69, 9.17) is 0 Å². The number of benzene rings is 1. The van der Waals surface area contributed by atoms with E-state index in [0.717, 1.165) is 0 Å². The predicted molar refractivity (Wildman–Crippen MR) is 51.0 cm³/mol. The van der Waals surface area contributed by atoms with Crippen LogP contribution in [0.15, 0.2) is 30.3 Å². The molecule has 0 unspecified atom stereocenters. The summed E-state index contributed by atoms with van der Waals surface area (Å²) in [5.74, 6) is 0. The quantitative estimate of drug-likeness (QED) is 0.491. The van der Waals surface area contributed by atoms with Crippen LogP contribution in [-0.4, -0.2) is 0 Å². The highest BCUT2D eigenvalue weighted by atomic mass is 13.8. The predicted octanol–water partition coefficient (Wildman–Crippen LogP) is 2.49. The maximum atomic E-state index is 4.00. The van der Waals surface area contributed by atoms with Gasteiger partial charge in [-0.05, 0) is 6.92 Å². The van der Waals surface area contributed by atoms with Crippen molar-refractivity contribution in [2.24, 2.45) is 0 Å². The molecule has 0 N–H and O–H groups in total. The molecule has 11 heavy (non-hydrogen) atoms. The first-order valence-corrected chi connectivity index (χ1v) is 3.08. The lowest BCUT2D eigenvalue weighted by Gasteiger charge is -1.82. The van der Waals surface area contributed by atoms with E-state index in [1.807, 2.05) is 18.2 Å². The van der Waals surface area contributed by atoms with Crippen LogP contribution < -0.4 is 0 Å². The monoisotopic (exact) mass is 144 g/mol. The summed E-state index contributed by atoms with van der Waals surface area (Å²) < 4.78 is 0. The Balaban J connectivity index is 0. The maximum Gasteiger partial charge on any atom is -0.0398 e. The Morgan fingerprint density at radius 3 is 1.36 bits per heavy atom. The fourth-order valence-electron chi connectivity index (χ4n) is 0.534. The van der Waals surface area contributed by atoms with Crippen LogP contribution in [-0.2, 0) is 0 Å². The number of terminal acetylenes is 2. The van der Waals surface area contributed by atoms with Crippen LogP contribution in [0.2, 0.25) is 0 Å². The van der Waals surface area contributed by atoms with Gasteiger partial charge in [0.15, 0.2) is 0 Å². The molecule has 1 rings (SSSR count). The number of rotatable bonds is 0. The first-order valence-electron chi connectivity index (χ1n) is 3.08. The van der Waals surface area contributed by atoms with Gasteiger partial charge in [0, 0.05) is 0 Å². The van der Waals surface area contributed by atoms with Crippen LogP contribution >= 0.6 is 0 Å². The zero-order chi connectivity index (χ0) is 9.11. The molecule has 56 valence electrons. The molecule has 0 heterocycles. The second-order valence-corrected chi connectivity index (χ2v) is 1.65. The minimum Gasteiger partial charge on any atom is -0.124 e. The minimum absolute atomic E-state index is 1.32. The average Bonchev–Trinajstić information content (AvgIpc) is 2.13. The molecule has 0 bridgehead atoms. The summed E-state index contributed by atoms with van der Waals surface area (Å²) in [6.45, 7) is 2.08. The Morgan fingerprint density at radius 1 is 0.818 bits per heavy atom. The topological polar surface area (TPSA) is 0 Å². The summed E-state index contributed by atoms with van der Waals surface area (Å²) in [6, 6.07) is 10.3. The van der Waals surface area contributed by atoms with Crippen molar-refractivity contribution in [1.29, 1.82) is 0 Å². The highest BCUT2D eigenvalue weighted by Gasteiger charge is 1.72. The summed E-state index contributed by atoms with van der Waals surface area (Å²) in [5.41, 5.74) is 1.32. The van der Waals surface area contributed by atoms with Crippen LogP contribution in [0, 0.1) is 32.6 Å². The van der Waals surface area contributed by atoms with Crippen LogP contribution in [0.1, 0.15) is 5.56 Å². The third-order valence-electron chi connectivity index (χ3n) is 0.940. The van der Waals surface area contributed by atoms with E-state index < -0.39 is 0 Å². The molecule has 0 spiro atoms. The zero-order valence-corrected chi connectivity index (χ0v) is 6.70. The molecule has 0 nitrogen and oxygen atoms in total. The molecule has 1 aromatic carbocycles. The van der Waals surface area contributed by atoms with Crippen LogP contribution in [0.4, 0.5) is 0 Å². The van der Waals surface area contributed by atoms with Gasteiger partial charge in [-0.2, -0.15) is 0 Å². The first-order chi connectivity index (χ1) is 5.39. The van der Waals surface area contributed by atoms with Crippen molar-refractivity contribution in [1.82, 2.24) is 0 Å². The van der Waals surface area contributed by atoms with Gasteiger partial charge in [0.1, 0.15) is 0 Å². The lowest BCUT2D eigenvalue weighted by atomic mass is 10.2. The molecule has 0 fully saturated rings. The number of hydrogen-bond acceptors (Lipinski definition) is 0. The first kappa shape index (κ1) is 12.1. The van der Waals surface area contributed by atoms with E-state index in [2.05, 4.69) is 44.7 Å². The van der Waals surface area contributed by atoms with Crippen LogP contribution in [0.25, 0.3) is 0 Å². The van der Waals surface area contributed by atoms with Crippen molar-refractivity contribution in [3.63, 3.8) is 0 Å². The Kier molecular flexibility index (Phi) is 12.3. The fourth-order valence-corrected chi connectivity index (χ4v) is 0.534. The Bertz CT molecular complexity index is 185. The van der Waals surface area contributed by atoms with Gasteiger partial charge in [0.05, 0.1) is 0 Å². The Morgan fingerprint density at radius 2 is 1.18 bits per heavy atom. The van der Waals surface area contributed by atoms with E-state index in [1.165, 1.54) is 5.56 Å². The molecule has 0 saturated carbocycles. The average molecular weight is 144 g/mol. The van der Waals surface area contributed by atoms with Gasteiger partial charge in [-0.15, -0.1) is 25.7 Å². The van der Waals surface area contributed by atoms with Gasteiger partial charge >= 0.3 is 0 Å². The molecular formula is C11H12. The van der Waals surface area contributed by atoms with E-state index in [0.29, 0.717) is 0 Å². The van der Waals surface area contributed by atoms with Gasteiger partial charge in [-0.25, -0.2) is 0 Å². The van der Waals surface area contributed by atoms with Gasteiger partial charge in [-0.3, -0.25) is 0 Å². The second-order valence-electron chi connectivity index (χ2n) is 1.65. The third kappa shape index (κ3) is 8.34. The molecule has 0 heteroatoms. The summed E-state index contributed by atoms with van der Waals surface area (Å²) in [5, 5.41) is 0. The molecule has 0 radical (unpaired) electrons. The molecule has 0 aromatic heterocycles. The van der Waals surface area contributed by atoms with Crippen molar-refractivity contribution in [2.75, 3.05) is 0 Å². The van der Waals surface area contributed by atoms with Gasteiger partial charge in [-0.1, -0.05) is 35.9 Å². The normalized spacial score (nSPS) is 5.91. The summed E-state index contributed by atoms with van der Waals surface area (Å²) >= 11 is 0. The van der Waals surface area contributed by atoms with Gasteiger partial charge in [0.25, 0.3) is 0 Å². The molecular weight excluding hydrogens is 132 g/mol. The van der Waals surface area contributed by atoms with Crippen molar-refractivity contribution >= 4 is 0 Å². The van der Waals surface area contributed by atoms with E-state index in [9.17, 15) is 0 Å². The van der Waals surface area contributed by atoms with E-state index >= 15 is 0 Å². The maximum absolute atomic E-state index is 4.00. The molecule has 0 atom stereocenters. The largest absolute Gasteiger partial charge is 0.124 e. The van der Waals surface area contributed by atoms with Crippen molar-refractivity contribution in [2.45, 2.75) is 6.92 Å². The zero-order valence-electron chi connectivity index (χ0n) is 6.70. The second kappa shape index (κ2) is 11.2. The van der Waals surface area contributed by atoms with Crippen molar-refractivity contribution < 1.29 is 0 Å². The van der Waals surface area contributed by atoms with Crippen LogP contribution in [0.5, 0.6) is 0 Å². The smallest absolute Gasteiger partial charge is 0.0398 e. The number of aryl methyl sites for hydroxylation is 1. The lowest BCUT2D eigenvalue weighted by molar-refractivity contribution is 1.48.